The van der Waals surface area contributed by atoms with E-state index in [0.717, 1.165) is 11.3 Å². The topological polar surface area (TPSA) is 95.9 Å². The molecule has 2 rings (SSSR count). The van der Waals surface area contributed by atoms with Gasteiger partial charge in [0.15, 0.2) is 0 Å². The predicted octanol–water partition coefficient (Wildman–Crippen LogP) is 1.62. The second-order valence-electron chi connectivity index (χ2n) is 4.27. The van der Waals surface area contributed by atoms with Gasteiger partial charge in [0.2, 0.25) is 0 Å². The van der Waals surface area contributed by atoms with Gasteiger partial charge in [-0.3, -0.25) is 0 Å². The van der Waals surface area contributed by atoms with Gasteiger partial charge in [-0.1, -0.05) is 0 Å². The first-order valence-electron chi connectivity index (χ1n) is 6.01. The molecule has 0 aromatic carbocycles. The number of urea groups is 1. The normalized spacial score (nSPS) is 17.9. The van der Waals surface area contributed by atoms with E-state index in [1.807, 2.05) is 0 Å². The Morgan fingerprint density at radius 3 is 2.90 bits per heavy atom. The smallest absolute Gasteiger partial charge is 0.348 e. The second kappa shape index (κ2) is 5.91. The summed E-state index contributed by atoms with van der Waals surface area (Å²) in [6, 6.07) is 0.431. The van der Waals surface area contributed by atoms with Crippen LogP contribution in [-0.4, -0.2) is 47.7 Å². The third-order valence-corrected chi connectivity index (χ3v) is 3.99. The summed E-state index contributed by atoms with van der Waals surface area (Å²) in [4.78, 5) is 36.1. The first-order chi connectivity index (χ1) is 9.54. The Morgan fingerprint density at radius 1 is 1.50 bits per heavy atom. The lowest BCUT2D eigenvalue weighted by molar-refractivity contribution is -0.144. The molecule has 0 bridgehead atoms. The van der Waals surface area contributed by atoms with Gasteiger partial charge in [-0.25, -0.2) is 14.4 Å². The number of rotatable bonds is 3. The molecule has 20 heavy (non-hydrogen) atoms. The molecular weight excluding hydrogens is 284 g/mol. The minimum Gasteiger partial charge on any atom is -0.477 e. The largest absolute Gasteiger partial charge is 0.477 e. The van der Waals surface area contributed by atoms with Gasteiger partial charge in [0.25, 0.3) is 0 Å². The Balaban J connectivity index is 2.10. The lowest BCUT2D eigenvalue weighted by Gasteiger charge is -2.22. The van der Waals surface area contributed by atoms with Crippen molar-refractivity contribution in [2.24, 2.45) is 0 Å². The minimum absolute atomic E-state index is 0.0622. The zero-order chi connectivity index (χ0) is 14.7. The number of carboxylic acids is 1. The number of nitrogens with zero attached hydrogens (tertiary/aromatic N) is 1. The van der Waals surface area contributed by atoms with Gasteiger partial charge >= 0.3 is 18.0 Å². The van der Waals surface area contributed by atoms with Gasteiger partial charge < -0.3 is 20.1 Å². The number of esters is 1. The monoisotopic (exact) mass is 298 g/mol. The number of thiophene rings is 1. The maximum Gasteiger partial charge on any atom is 0.348 e. The van der Waals surface area contributed by atoms with E-state index in [9.17, 15) is 14.4 Å². The van der Waals surface area contributed by atoms with Crippen molar-refractivity contribution in [1.82, 2.24) is 4.90 Å². The molecular formula is C12H14N2O5S. The molecule has 1 aliphatic heterocycles. The number of methoxy groups -OCH3 is 1. The summed E-state index contributed by atoms with van der Waals surface area (Å²) < 4.78 is 4.66. The number of nitrogens with one attached hydrogen (secondary N) is 1. The van der Waals surface area contributed by atoms with Gasteiger partial charge in [0.1, 0.15) is 10.9 Å². The highest BCUT2D eigenvalue weighted by molar-refractivity contribution is 7.12. The van der Waals surface area contributed by atoms with Gasteiger partial charge in [0, 0.05) is 6.54 Å². The van der Waals surface area contributed by atoms with E-state index < -0.39 is 24.0 Å². The van der Waals surface area contributed by atoms with Crippen LogP contribution in [0.2, 0.25) is 0 Å². The molecule has 2 heterocycles. The quantitative estimate of drug-likeness (QED) is 0.827. The number of likely N-dealkylation sites (tertiary alicyclic amines) is 1. The van der Waals surface area contributed by atoms with Gasteiger partial charge in [-0.05, 0) is 24.3 Å². The molecule has 8 heteroatoms. The fourth-order valence-corrected chi connectivity index (χ4v) is 2.84. The Bertz CT molecular complexity index is 542. The van der Waals surface area contributed by atoms with Gasteiger partial charge in [-0.2, -0.15) is 0 Å². The van der Waals surface area contributed by atoms with Crippen LogP contribution in [0.1, 0.15) is 22.5 Å². The molecule has 0 radical (unpaired) electrons. The number of hydrogen-bond donors (Lipinski definition) is 2. The Morgan fingerprint density at radius 2 is 2.25 bits per heavy atom. The number of aromatic carboxylic acids is 1. The highest BCUT2D eigenvalue weighted by atomic mass is 32.1. The van der Waals surface area contributed by atoms with Gasteiger partial charge in [-0.15, -0.1) is 11.3 Å². The minimum atomic E-state index is -1.10. The van der Waals surface area contributed by atoms with Crippen LogP contribution in [0.3, 0.4) is 0 Å². The molecule has 1 saturated heterocycles. The molecule has 7 nitrogen and oxygen atoms in total. The Kier molecular flexibility index (Phi) is 4.23. The Labute approximate surface area is 119 Å². The van der Waals surface area contributed by atoms with Crippen LogP contribution in [0.4, 0.5) is 10.5 Å². The van der Waals surface area contributed by atoms with Crippen LogP contribution in [-0.2, 0) is 9.53 Å². The number of amides is 2. The summed E-state index contributed by atoms with van der Waals surface area (Å²) in [6.45, 7) is 0.443. The summed E-state index contributed by atoms with van der Waals surface area (Å²) in [7, 11) is 1.28. The maximum atomic E-state index is 12.1. The second-order valence-corrected chi connectivity index (χ2v) is 5.19. The molecule has 1 aromatic heterocycles. The van der Waals surface area contributed by atoms with E-state index in [2.05, 4.69) is 10.1 Å². The number of carbonyl (C=O) groups is 3. The molecule has 1 aliphatic rings. The lowest BCUT2D eigenvalue weighted by Crippen LogP contribution is -2.43. The van der Waals surface area contributed by atoms with Crippen molar-refractivity contribution >= 4 is 35.0 Å². The summed E-state index contributed by atoms with van der Waals surface area (Å²) in [5, 5.41) is 13.1. The molecule has 1 fully saturated rings. The van der Waals surface area contributed by atoms with Crippen molar-refractivity contribution in [3.05, 3.63) is 16.3 Å². The molecule has 108 valence electrons. The van der Waals surface area contributed by atoms with E-state index in [4.69, 9.17) is 5.11 Å². The average molecular weight is 298 g/mol. The van der Waals surface area contributed by atoms with Gasteiger partial charge in [0.05, 0.1) is 12.8 Å². The number of anilines is 1. The van der Waals surface area contributed by atoms with Crippen LogP contribution in [0, 0.1) is 0 Å². The standard InChI is InChI=1S/C12H14N2O5S/c1-19-11(17)8-3-2-5-14(8)12(18)13-7-4-6-20-9(7)10(15)16/h4,6,8H,2-3,5H2,1H3,(H,13,18)(H,15,16). The summed E-state index contributed by atoms with van der Waals surface area (Å²) in [5.41, 5.74) is 0.239. The molecule has 2 N–H and O–H groups in total. The highest BCUT2D eigenvalue weighted by Crippen LogP contribution is 2.24. The van der Waals surface area contributed by atoms with Crippen LogP contribution >= 0.6 is 11.3 Å². The van der Waals surface area contributed by atoms with Crippen molar-refractivity contribution in [3.8, 4) is 0 Å². The lowest BCUT2D eigenvalue weighted by atomic mass is 10.2. The molecule has 1 atom stereocenters. The number of carbonyl (C=O) groups excluding carboxylic acids is 2. The van der Waals surface area contributed by atoms with E-state index in [1.54, 1.807) is 5.38 Å². The highest BCUT2D eigenvalue weighted by Gasteiger charge is 2.35. The molecule has 0 saturated carbocycles. The zero-order valence-electron chi connectivity index (χ0n) is 10.8. The number of carboxylic acid groups (broad SMARTS) is 1. The predicted molar refractivity (Wildman–Crippen MR) is 72.0 cm³/mol. The van der Waals surface area contributed by atoms with E-state index in [1.165, 1.54) is 18.1 Å². The van der Waals surface area contributed by atoms with E-state index in [0.29, 0.717) is 19.4 Å². The van der Waals surface area contributed by atoms with Crippen LogP contribution in [0.25, 0.3) is 0 Å². The fourth-order valence-electron chi connectivity index (χ4n) is 2.15. The summed E-state index contributed by atoms with van der Waals surface area (Å²) in [6.07, 6.45) is 1.26. The van der Waals surface area contributed by atoms with Crippen molar-refractivity contribution in [2.75, 3.05) is 19.0 Å². The summed E-state index contributed by atoms with van der Waals surface area (Å²) in [5.74, 6) is -1.55. The van der Waals surface area contributed by atoms with Crippen molar-refractivity contribution in [1.29, 1.82) is 0 Å². The van der Waals surface area contributed by atoms with Crippen LogP contribution < -0.4 is 5.32 Å². The third kappa shape index (κ3) is 2.74. The van der Waals surface area contributed by atoms with Crippen molar-refractivity contribution < 1.29 is 24.2 Å². The maximum absolute atomic E-state index is 12.1. The summed E-state index contributed by atoms with van der Waals surface area (Å²) >= 11 is 1.03. The molecule has 1 unspecified atom stereocenters. The number of hydrogen-bond acceptors (Lipinski definition) is 5. The zero-order valence-corrected chi connectivity index (χ0v) is 11.6. The SMILES string of the molecule is COC(=O)C1CCCN1C(=O)Nc1ccsc1C(=O)O. The first kappa shape index (κ1) is 14.3. The number of ether oxygens (including phenoxy) is 1. The van der Waals surface area contributed by atoms with E-state index in [-0.39, 0.29) is 10.6 Å². The molecule has 1 aromatic rings. The van der Waals surface area contributed by atoms with Crippen LogP contribution in [0.5, 0.6) is 0 Å². The Hall–Kier alpha value is -2.09. The average Bonchev–Trinajstić information content (AvgIpc) is 3.05. The van der Waals surface area contributed by atoms with Crippen molar-refractivity contribution in [3.63, 3.8) is 0 Å². The first-order valence-corrected chi connectivity index (χ1v) is 6.88. The molecule has 0 spiro atoms. The molecule has 2 amide bonds. The van der Waals surface area contributed by atoms with Crippen LogP contribution in [0.15, 0.2) is 11.4 Å². The third-order valence-electron chi connectivity index (χ3n) is 3.09. The van der Waals surface area contributed by atoms with Crippen molar-refractivity contribution in [2.45, 2.75) is 18.9 Å². The fraction of sp³-hybridized carbons (Fsp3) is 0.417. The molecule has 0 aliphatic carbocycles. The van der Waals surface area contributed by atoms with E-state index >= 15 is 0 Å².